The molecule has 0 saturated carbocycles. The van der Waals surface area contributed by atoms with Crippen molar-refractivity contribution in [2.75, 3.05) is 11.5 Å². The maximum absolute atomic E-state index is 11.9. The predicted octanol–water partition coefficient (Wildman–Crippen LogP) is -1.10. The number of rotatable bonds is 2. The molecule has 0 aliphatic heterocycles. The van der Waals surface area contributed by atoms with Gasteiger partial charge in [-0.05, 0) is 0 Å². The fraction of sp³-hybridized carbons (Fsp3) is 0. The Bertz CT molecular complexity index is 756. The molecule has 11 nitrogen and oxygen atoms in total. The van der Waals surface area contributed by atoms with Gasteiger partial charge in [-0.15, -0.1) is 0 Å². The van der Waals surface area contributed by atoms with E-state index in [0.717, 1.165) is 0 Å². The summed E-state index contributed by atoms with van der Waals surface area (Å²) in [7, 11) is 0. The second-order valence-corrected chi connectivity index (χ2v) is 4.19. The standard InChI is InChI=1S/C10H10ClN9O2/c11-4-6(13)18-5(12)3(17-4)8(21)19-10(14)20-9(22)7-15-1-2-16-7/h1-2H,(H,15,16)(H4,12,13,18)(H3,14,19,20,21,22). The second kappa shape index (κ2) is 6.05. The summed E-state index contributed by atoms with van der Waals surface area (Å²) >= 11 is 5.65. The quantitative estimate of drug-likeness (QED) is 0.339. The molecule has 114 valence electrons. The van der Waals surface area contributed by atoms with E-state index in [1.807, 2.05) is 0 Å². The van der Waals surface area contributed by atoms with Crippen molar-refractivity contribution in [3.05, 3.63) is 29.1 Å². The van der Waals surface area contributed by atoms with Gasteiger partial charge in [-0.1, -0.05) is 11.6 Å². The van der Waals surface area contributed by atoms with E-state index in [1.165, 1.54) is 12.4 Å². The summed E-state index contributed by atoms with van der Waals surface area (Å²) in [6.45, 7) is 0. The molecule has 2 aromatic heterocycles. The highest BCUT2D eigenvalue weighted by Crippen LogP contribution is 2.17. The zero-order valence-corrected chi connectivity index (χ0v) is 11.6. The van der Waals surface area contributed by atoms with Gasteiger partial charge in [-0.25, -0.2) is 15.0 Å². The van der Waals surface area contributed by atoms with Crippen LogP contribution in [0.3, 0.4) is 0 Å². The van der Waals surface area contributed by atoms with Gasteiger partial charge in [0, 0.05) is 12.4 Å². The molecule has 2 rings (SSSR count). The van der Waals surface area contributed by atoms with Crippen molar-refractivity contribution >= 4 is 41.0 Å². The highest BCUT2D eigenvalue weighted by molar-refractivity contribution is 6.31. The topological polar surface area (TPSA) is 191 Å². The summed E-state index contributed by atoms with van der Waals surface area (Å²) in [5, 5.41) is 1.95. The minimum Gasteiger partial charge on any atom is -0.382 e. The molecule has 0 aliphatic rings. The molecule has 0 aromatic carbocycles. The van der Waals surface area contributed by atoms with Crippen LogP contribution in [0.2, 0.25) is 5.15 Å². The Morgan fingerprint density at radius 3 is 2.64 bits per heavy atom. The maximum atomic E-state index is 11.9. The molecule has 22 heavy (non-hydrogen) atoms. The Morgan fingerprint density at radius 2 is 2.00 bits per heavy atom. The van der Waals surface area contributed by atoms with E-state index in [0.29, 0.717) is 0 Å². The maximum Gasteiger partial charge on any atom is 0.302 e. The predicted molar refractivity (Wildman–Crippen MR) is 77.9 cm³/mol. The number of nitrogens with zero attached hydrogens (tertiary/aromatic N) is 4. The third-order valence-electron chi connectivity index (χ3n) is 2.28. The lowest BCUT2D eigenvalue weighted by molar-refractivity contribution is 0.0967. The van der Waals surface area contributed by atoms with E-state index in [4.69, 9.17) is 28.8 Å². The van der Waals surface area contributed by atoms with Crippen LogP contribution in [0.5, 0.6) is 0 Å². The van der Waals surface area contributed by atoms with E-state index in [2.05, 4.69) is 30.2 Å². The van der Waals surface area contributed by atoms with Crippen molar-refractivity contribution in [1.29, 1.82) is 0 Å². The summed E-state index contributed by atoms with van der Waals surface area (Å²) in [6, 6.07) is 0. The van der Waals surface area contributed by atoms with Gasteiger partial charge in [-0.2, -0.15) is 4.99 Å². The Morgan fingerprint density at radius 1 is 1.27 bits per heavy atom. The number of guanidine groups is 1. The number of nitrogens with one attached hydrogen (secondary N) is 2. The molecular weight excluding hydrogens is 314 g/mol. The molecule has 0 fully saturated rings. The number of anilines is 2. The smallest absolute Gasteiger partial charge is 0.302 e. The van der Waals surface area contributed by atoms with Crippen molar-refractivity contribution < 1.29 is 9.59 Å². The summed E-state index contributed by atoms with van der Waals surface area (Å²) in [4.78, 5) is 40.5. The number of nitrogen functional groups attached to an aromatic ring is 2. The number of hydrogen-bond donors (Lipinski definition) is 5. The van der Waals surface area contributed by atoms with E-state index in [9.17, 15) is 9.59 Å². The third-order valence-corrected chi connectivity index (χ3v) is 2.56. The minimum absolute atomic E-state index is 0.000402. The molecular formula is C10H10ClN9O2. The average molecular weight is 324 g/mol. The largest absolute Gasteiger partial charge is 0.382 e. The number of halogens is 1. The van der Waals surface area contributed by atoms with E-state index in [-0.39, 0.29) is 28.3 Å². The van der Waals surface area contributed by atoms with Gasteiger partial charge in [0.2, 0.25) is 5.96 Å². The summed E-state index contributed by atoms with van der Waals surface area (Å²) in [6.07, 6.45) is 2.82. The number of aromatic amines is 1. The van der Waals surface area contributed by atoms with Crippen molar-refractivity contribution in [3.63, 3.8) is 0 Å². The third kappa shape index (κ3) is 3.27. The molecule has 8 N–H and O–H groups in total. The molecule has 0 saturated heterocycles. The Kier molecular flexibility index (Phi) is 4.18. The second-order valence-electron chi connectivity index (χ2n) is 3.83. The zero-order valence-electron chi connectivity index (χ0n) is 10.9. The minimum atomic E-state index is -0.941. The first kappa shape index (κ1) is 15.2. The van der Waals surface area contributed by atoms with Crippen molar-refractivity contribution in [1.82, 2.24) is 25.3 Å². The van der Waals surface area contributed by atoms with E-state index >= 15 is 0 Å². The number of carbonyl (C=O) groups excluding carboxylic acids is 2. The monoisotopic (exact) mass is 323 g/mol. The van der Waals surface area contributed by atoms with Gasteiger partial charge in [-0.3, -0.25) is 14.9 Å². The molecule has 0 unspecified atom stereocenters. The van der Waals surface area contributed by atoms with Crippen LogP contribution in [-0.2, 0) is 0 Å². The highest BCUT2D eigenvalue weighted by Gasteiger charge is 2.17. The molecule has 0 radical (unpaired) electrons. The van der Waals surface area contributed by atoms with Gasteiger partial charge in [0.25, 0.3) is 5.91 Å². The molecule has 0 aliphatic carbocycles. The molecule has 0 bridgehead atoms. The highest BCUT2D eigenvalue weighted by atomic mass is 35.5. The fourth-order valence-electron chi connectivity index (χ4n) is 1.35. The summed E-state index contributed by atoms with van der Waals surface area (Å²) in [5.41, 5.74) is 16.0. The molecule has 2 heterocycles. The number of imidazole rings is 1. The zero-order chi connectivity index (χ0) is 16.3. The van der Waals surface area contributed by atoms with Crippen molar-refractivity contribution in [2.45, 2.75) is 0 Å². The Hall–Kier alpha value is -3.21. The molecule has 0 atom stereocenters. The molecule has 2 amide bonds. The number of H-pyrrole nitrogens is 1. The van der Waals surface area contributed by atoms with Gasteiger partial charge in [0.1, 0.15) is 0 Å². The number of hydrogen-bond acceptors (Lipinski definition) is 7. The van der Waals surface area contributed by atoms with Crippen molar-refractivity contribution in [3.8, 4) is 0 Å². The first-order chi connectivity index (χ1) is 10.4. The Balaban J connectivity index is 2.16. The lowest BCUT2D eigenvalue weighted by Gasteiger charge is -2.04. The van der Waals surface area contributed by atoms with Crippen LogP contribution in [0, 0.1) is 0 Å². The van der Waals surface area contributed by atoms with Gasteiger partial charge in [0.15, 0.2) is 28.3 Å². The van der Waals surface area contributed by atoms with Crippen LogP contribution in [0.15, 0.2) is 17.4 Å². The number of aliphatic imine (C=N–C) groups is 1. The first-order valence-corrected chi connectivity index (χ1v) is 6.04. The van der Waals surface area contributed by atoms with Crippen LogP contribution in [0.1, 0.15) is 21.1 Å². The lowest BCUT2D eigenvalue weighted by atomic mass is 10.4. The van der Waals surface area contributed by atoms with Crippen molar-refractivity contribution in [2.24, 2.45) is 10.7 Å². The summed E-state index contributed by atoms with van der Waals surface area (Å²) in [5.74, 6) is -2.47. The van der Waals surface area contributed by atoms with Gasteiger partial charge in [0.05, 0.1) is 0 Å². The van der Waals surface area contributed by atoms with Gasteiger partial charge >= 0.3 is 5.91 Å². The number of nitrogens with two attached hydrogens (primary N) is 3. The normalized spacial score (nSPS) is 11.2. The van der Waals surface area contributed by atoms with Crippen LogP contribution >= 0.6 is 11.6 Å². The number of carbonyl (C=O) groups is 2. The van der Waals surface area contributed by atoms with Crippen LogP contribution in [0.25, 0.3) is 0 Å². The summed E-state index contributed by atoms with van der Waals surface area (Å²) < 4.78 is 0. The number of aromatic nitrogens is 4. The van der Waals surface area contributed by atoms with Crippen LogP contribution < -0.4 is 22.5 Å². The van der Waals surface area contributed by atoms with Crippen LogP contribution in [0.4, 0.5) is 11.6 Å². The fourth-order valence-corrected chi connectivity index (χ4v) is 1.48. The SMILES string of the molecule is NC(=NC(=O)c1nc(Cl)c(N)nc1N)NC(=O)c1ncc[nH]1. The molecule has 12 heteroatoms. The van der Waals surface area contributed by atoms with E-state index < -0.39 is 17.8 Å². The molecule has 2 aromatic rings. The van der Waals surface area contributed by atoms with Crippen LogP contribution in [-0.4, -0.2) is 37.7 Å². The van der Waals surface area contributed by atoms with E-state index in [1.54, 1.807) is 0 Å². The Labute approximate surface area is 128 Å². The lowest BCUT2D eigenvalue weighted by Crippen LogP contribution is -2.38. The van der Waals surface area contributed by atoms with Gasteiger partial charge < -0.3 is 22.2 Å². The average Bonchev–Trinajstić information content (AvgIpc) is 2.96. The number of amides is 2. The first-order valence-electron chi connectivity index (χ1n) is 5.66. The molecule has 0 spiro atoms.